The lowest BCUT2D eigenvalue weighted by Crippen LogP contribution is -2.34. The molecule has 1 aromatic heterocycles. The van der Waals surface area contributed by atoms with Gasteiger partial charge in [-0.05, 0) is 37.5 Å². The van der Waals surface area contributed by atoms with Gasteiger partial charge in [-0.15, -0.1) is 11.3 Å². The predicted octanol–water partition coefficient (Wildman–Crippen LogP) is 3.59. The fourth-order valence-corrected chi connectivity index (χ4v) is 2.44. The minimum Gasteiger partial charge on any atom is -0.373 e. The first-order valence-electron chi connectivity index (χ1n) is 6.64. The van der Waals surface area contributed by atoms with Crippen molar-refractivity contribution in [3.05, 3.63) is 40.9 Å². The molecule has 2 aromatic rings. The summed E-state index contributed by atoms with van der Waals surface area (Å²) >= 11 is 1.42. The lowest BCUT2D eigenvalue weighted by atomic mass is 10.1. The van der Waals surface area contributed by atoms with E-state index in [1.807, 2.05) is 26.2 Å². The molecular formula is C15H19N3OS. The van der Waals surface area contributed by atoms with Gasteiger partial charge in [-0.1, -0.05) is 19.1 Å². The van der Waals surface area contributed by atoms with Gasteiger partial charge in [0, 0.05) is 17.3 Å². The number of carbonyl (C=O) groups excluding carboxylic acids is 1. The van der Waals surface area contributed by atoms with Crippen molar-refractivity contribution in [1.29, 1.82) is 0 Å². The van der Waals surface area contributed by atoms with Crippen LogP contribution in [0.2, 0.25) is 0 Å². The second kappa shape index (κ2) is 6.52. The Morgan fingerprint density at radius 1 is 1.40 bits per heavy atom. The van der Waals surface area contributed by atoms with Gasteiger partial charge in [0.15, 0.2) is 5.13 Å². The van der Waals surface area contributed by atoms with Gasteiger partial charge in [-0.3, -0.25) is 4.79 Å². The monoisotopic (exact) mass is 289 g/mol. The van der Waals surface area contributed by atoms with Crippen molar-refractivity contribution >= 4 is 28.1 Å². The highest BCUT2D eigenvalue weighted by Gasteiger charge is 2.17. The van der Waals surface area contributed by atoms with Crippen molar-refractivity contribution in [1.82, 2.24) is 4.98 Å². The van der Waals surface area contributed by atoms with Crippen LogP contribution in [0.1, 0.15) is 24.5 Å². The number of anilines is 2. The lowest BCUT2D eigenvalue weighted by Gasteiger charge is -2.19. The number of hydrogen-bond donors (Lipinski definition) is 2. The summed E-state index contributed by atoms with van der Waals surface area (Å²) in [6.07, 6.45) is 2.39. The summed E-state index contributed by atoms with van der Waals surface area (Å²) < 4.78 is 0. The summed E-state index contributed by atoms with van der Waals surface area (Å²) in [4.78, 5) is 16.3. The molecule has 0 unspecified atom stereocenters. The molecule has 0 fully saturated rings. The number of benzene rings is 1. The Labute approximate surface area is 123 Å². The van der Waals surface area contributed by atoms with Gasteiger partial charge in [0.05, 0.1) is 0 Å². The molecule has 4 nitrogen and oxygen atoms in total. The molecule has 1 heterocycles. The third-order valence-corrected chi connectivity index (χ3v) is 3.80. The zero-order valence-electron chi connectivity index (χ0n) is 11.9. The molecule has 5 heteroatoms. The summed E-state index contributed by atoms with van der Waals surface area (Å²) in [6, 6.07) is 5.92. The van der Waals surface area contributed by atoms with Gasteiger partial charge < -0.3 is 10.6 Å². The molecule has 20 heavy (non-hydrogen) atoms. The molecule has 0 spiro atoms. The van der Waals surface area contributed by atoms with Crippen molar-refractivity contribution < 1.29 is 4.79 Å². The number of aryl methyl sites for hydroxylation is 2. The third-order valence-electron chi connectivity index (χ3n) is 3.11. The molecule has 1 atom stereocenters. The Morgan fingerprint density at radius 3 is 2.85 bits per heavy atom. The van der Waals surface area contributed by atoms with Gasteiger partial charge in [0.1, 0.15) is 6.04 Å². The maximum atomic E-state index is 12.2. The number of nitrogens with one attached hydrogen (secondary N) is 2. The molecule has 106 valence electrons. The van der Waals surface area contributed by atoms with E-state index in [1.54, 1.807) is 6.20 Å². The molecule has 0 aliphatic rings. The zero-order chi connectivity index (χ0) is 14.5. The van der Waals surface area contributed by atoms with Gasteiger partial charge in [-0.25, -0.2) is 4.98 Å². The van der Waals surface area contributed by atoms with E-state index in [-0.39, 0.29) is 11.9 Å². The summed E-state index contributed by atoms with van der Waals surface area (Å²) in [5, 5.41) is 8.63. The summed E-state index contributed by atoms with van der Waals surface area (Å²) in [7, 11) is 0. The number of hydrogen-bond acceptors (Lipinski definition) is 4. The summed E-state index contributed by atoms with van der Waals surface area (Å²) in [5.74, 6) is -0.0524. The number of rotatable bonds is 5. The molecule has 2 rings (SSSR count). The van der Waals surface area contributed by atoms with E-state index < -0.39 is 0 Å². The van der Waals surface area contributed by atoms with Crippen molar-refractivity contribution in [3.63, 3.8) is 0 Å². The Morgan fingerprint density at radius 2 is 2.20 bits per heavy atom. The van der Waals surface area contributed by atoms with Crippen molar-refractivity contribution in [2.75, 3.05) is 10.6 Å². The Bertz CT molecular complexity index is 581. The topological polar surface area (TPSA) is 54.0 Å². The average Bonchev–Trinajstić information content (AvgIpc) is 2.92. The SMILES string of the molecule is CC[C@@H](Nc1cc(C)ccc1C)C(=O)Nc1nccs1. The third kappa shape index (κ3) is 3.57. The second-order valence-electron chi connectivity index (χ2n) is 4.75. The number of carbonyl (C=O) groups is 1. The molecule has 0 aliphatic carbocycles. The number of thiazole rings is 1. The Kier molecular flexibility index (Phi) is 4.74. The maximum absolute atomic E-state index is 12.2. The first-order chi connectivity index (χ1) is 9.60. The molecule has 1 aromatic carbocycles. The van der Waals surface area contributed by atoms with E-state index in [4.69, 9.17) is 0 Å². The van der Waals surface area contributed by atoms with Crippen molar-refractivity contribution in [2.45, 2.75) is 33.2 Å². The number of aromatic nitrogens is 1. The normalized spacial score (nSPS) is 11.9. The molecule has 0 radical (unpaired) electrons. The van der Waals surface area contributed by atoms with Crippen LogP contribution >= 0.6 is 11.3 Å². The fraction of sp³-hybridized carbons (Fsp3) is 0.333. The van der Waals surface area contributed by atoms with E-state index in [0.717, 1.165) is 11.3 Å². The summed E-state index contributed by atoms with van der Waals surface area (Å²) in [5.41, 5.74) is 3.32. The average molecular weight is 289 g/mol. The molecular weight excluding hydrogens is 270 g/mol. The van der Waals surface area contributed by atoms with E-state index >= 15 is 0 Å². The Balaban J connectivity index is 2.08. The fourth-order valence-electron chi connectivity index (χ4n) is 1.91. The molecule has 0 bridgehead atoms. The molecule has 1 amide bonds. The highest BCUT2D eigenvalue weighted by molar-refractivity contribution is 7.13. The van der Waals surface area contributed by atoms with Gasteiger partial charge in [0.2, 0.25) is 5.91 Å². The highest BCUT2D eigenvalue weighted by atomic mass is 32.1. The Hall–Kier alpha value is -1.88. The van der Waals surface area contributed by atoms with Crippen LogP contribution in [-0.2, 0) is 4.79 Å². The van der Waals surface area contributed by atoms with Crippen LogP contribution in [0.25, 0.3) is 0 Å². The number of amides is 1. The van der Waals surface area contributed by atoms with E-state index in [2.05, 4.69) is 33.8 Å². The van der Waals surface area contributed by atoms with Gasteiger partial charge in [-0.2, -0.15) is 0 Å². The van der Waals surface area contributed by atoms with E-state index in [9.17, 15) is 4.79 Å². The largest absolute Gasteiger partial charge is 0.373 e. The maximum Gasteiger partial charge on any atom is 0.248 e. The lowest BCUT2D eigenvalue weighted by molar-refractivity contribution is -0.116. The minimum absolute atomic E-state index is 0.0524. The van der Waals surface area contributed by atoms with Crippen molar-refractivity contribution in [2.24, 2.45) is 0 Å². The highest BCUT2D eigenvalue weighted by Crippen LogP contribution is 2.19. The minimum atomic E-state index is -0.264. The second-order valence-corrected chi connectivity index (χ2v) is 5.64. The van der Waals surface area contributed by atoms with Crippen LogP contribution in [-0.4, -0.2) is 16.9 Å². The van der Waals surface area contributed by atoms with Crippen LogP contribution in [0.15, 0.2) is 29.8 Å². The summed E-state index contributed by atoms with van der Waals surface area (Å²) in [6.45, 7) is 6.07. The molecule has 0 aliphatic heterocycles. The number of nitrogens with zero attached hydrogens (tertiary/aromatic N) is 1. The first-order valence-corrected chi connectivity index (χ1v) is 7.52. The smallest absolute Gasteiger partial charge is 0.248 e. The molecule has 0 saturated carbocycles. The molecule has 0 saturated heterocycles. The van der Waals surface area contributed by atoms with Gasteiger partial charge >= 0.3 is 0 Å². The first kappa shape index (κ1) is 14.5. The van der Waals surface area contributed by atoms with Crippen molar-refractivity contribution in [3.8, 4) is 0 Å². The van der Waals surface area contributed by atoms with Crippen LogP contribution in [0.3, 0.4) is 0 Å². The van der Waals surface area contributed by atoms with Crippen LogP contribution in [0.4, 0.5) is 10.8 Å². The standard InChI is InChI=1S/C15H19N3OS/c1-4-12(14(19)18-15-16-7-8-20-15)17-13-9-10(2)5-6-11(13)3/h5-9,12,17H,4H2,1-3H3,(H,16,18,19)/t12-/m1/s1. The van der Waals surface area contributed by atoms with E-state index in [1.165, 1.54) is 16.9 Å². The van der Waals surface area contributed by atoms with Crippen LogP contribution < -0.4 is 10.6 Å². The quantitative estimate of drug-likeness (QED) is 0.884. The van der Waals surface area contributed by atoms with Crippen LogP contribution in [0.5, 0.6) is 0 Å². The van der Waals surface area contributed by atoms with E-state index in [0.29, 0.717) is 11.6 Å². The molecule has 2 N–H and O–H groups in total. The predicted molar refractivity (Wildman–Crippen MR) is 84.4 cm³/mol. The van der Waals surface area contributed by atoms with Crippen LogP contribution in [0, 0.1) is 13.8 Å². The zero-order valence-corrected chi connectivity index (χ0v) is 12.8. The van der Waals surface area contributed by atoms with Gasteiger partial charge in [0.25, 0.3) is 0 Å².